The zero-order valence-corrected chi connectivity index (χ0v) is 13.4. The van der Waals surface area contributed by atoms with Crippen LogP contribution in [-0.4, -0.2) is 29.2 Å². The van der Waals surface area contributed by atoms with Crippen LogP contribution in [0.15, 0.2) is 36.4 Å². The second kappa shape index (κ2) is 5.76. The number of halogens is 2. The van der Waals surface area contributed by atoms with Crippen LogP contribution in [0.1, 0.15) is 23.2 Å². The SMILES string of the molecule is CN(CC1CC(Br)C1)C(=O)c1ccc(F)c2ccccc12. The van der Waals surface area contributed by atoms with Crippen molar-refractivity contribution in [2.45, 2.75) is 17.7 Å². The molecule has 0 radical (unpaired) electrons. The van der Waals surface area contributed by atoms with Gasteiger partial charge in [-0.05, 0) is 36.3 Å². The molecule has 0 N–H and O–H groups in total. The van der Waals surface area contributed by atoms with Crippen LogP contribution < -0.4 is 0 Å². The largest absolute Gasteiger partial charge is 0.341 e. The molecule has 1 aliphatic carbocycles. The maximum atomic E-state index is 13.8. The quantitative estimate of drug-likeness (QED) is 0.759. The average molecular weight is 350 g/mol. The number of carbonyl (C=O) groups excluding carboxylic acids is 1. The molecule has 1 fully saturated rings. The summed E-state index contributed by atoms with van der Waals surface area (Å²) < 4.78 is 13.8. The van der Waals surface area contributed by atoms with Crippen LogP contribution in [0.2, 0.25) is 0 Å². The van der Waals surface area contributed by atoms with E-state index >= 15 is 0 Å². The first-order valence-corrected chi connectivity index (χ1v) is 8.04. The minimum absolute atomic E-state index is 0.0378. The number of alkyl halides is 1. The van der Waals surface area contributed by atoms with E-state index in [1.54, 1.807) is 29.2 Å². The van der Waals surface area contributed by atoms with E-state index in [-0.39, 0.29) is 11.7 Å². The molecule has 2 nitrogen and oxygen atoms in total. The third-order valence-electron chi connectivity index (χ3n) is 4.16. The molecule has 1 saturated carbocycles. The van der Waals surface area contributed by atoms with Crippen LogP contribution in [0.3, 0.4) is 0 Å². The minimum Gasteiger partial charge on any atom is -0.341 e. The summed E-state index contributed by atoms with van der Waals surface area (Å²) in [7, 11) is 1.82. The van der Waals surface area contributed by atoms with E-state index in [0.29, 0.717) is 27.1 Å². The number of nitrogens with zero attached hydrogens (tertiary/aromatic N) is 1. The predicted molar refractivity (Wildman–Crippen MR) is 86.3 cm³/mol. The molecule has 1 aliphatic rings. The highest BCUT2D eigenvalue weighted by Crippen LogP contribution is 2.34. The van der Waals surface area contributed by atoms with Crippen molar-refractivity contribution in [3.8, 4) is 0 Å². The maximum absolute atomic E-state index is 13.8. The van der Waals surface area contributed by atoms with Crippen molar-refractivity contribution in [3.63, 3.8) is 0 Å². The van der Waals surface area contributed by atoms with Gasteiger partial charge in [0.1, 0.15) is 5.82 Å². The fraction of sp³-hybridized carbons (Fsp3) is 0.353. The van der Waals surface area contributed by atoms with Gasteiger partial charge in [-0.15, -0.1) is 0 Å². The van der Waals surface area contributed by atoms with Crippen LogP contribution in [0, 0.1) is 11.7 Å². The van der Waals surface area contributed by atoms with Gasteiger partial charge in [0.25, 0.3) is 5.91 Å². The Bertz CT molecular complexity index is 682. The van der Waals surface area contributed by atoms with Gasteiger partial charge in [-0.25, -0.2) is 4.39 Å². The Balaban J connectivity index is 1.86. The lowest BCUT2D eigenvalue weighted by atomic mass is 9.85. The van der Waals surface area contributed by atoms with E-state index in [2.05, 4.69) is 15.9 Å². The standard InChI is InChI=1S/C17H17BrFNO/c1-20(10-11-8-12(18)9-11)17(21)15-6-7-16(19)14-5-3-2-4-13(14)15/h2-7,11-12H,8-10H2,1H3. The number of fused-ring (bicyclic) bond motifs is 1. The van der Waals surface area contributed by atoms with Crippen molar-refractivity contribution in [3.05, 3.63) is 47.8 Å². The van der Waals surface area contributed by atoms with Gasteiger partial charge in [-0.3, -0.25) is 4.79 Å². The first-order chi connectivity index (χ1) is 10.1. The number of hydrogen-bond donors (Lipinski definition) is 0. The number of rotatable bonds is 3. The van der Waals surface area contributed by atoms with Crippen LogP contribution in [-0.2, 0) is 0 Å². The number of carbonyl (C=O) groups is 1. The topological polar surface area (TPSA) is 20.3 Å². The minimum atomic E-state index is -0.286. The second-order valence-electron chi connectivity index (χ2n) is 5.76. The molecule has 0 bridgehead atoms. The van der Waals surface area contributed by atoms with Crippen molar-refractivity contribution in [1.82, 2.24) is 4.90 Å². The van der Waals surface area contributed by atoms with Crippen LogP contribution in [0.5, 0.6) is 0 Å². The monoisotopic (exact) mass is 349 g/mol. The zero-order valence-electron chi connectivity index (χ0n) is 11.9. The van der Waals surface area contributed by atoms with Crippen molar-refractivity contribution < 1.29 is 9.18 Å². The summed E-state index contributed by atoms with van der Waals surface area (Å²) in [6, 6.07) is 10.1. The molecular formula is C17H17BrFNO. The highest BCUT2D eigenvalue weighted by Gasteiger charge is 2.29. The van der Waals surface area contributed by atoms with Gasteiger partial charge in [0.2, 0.25) is 0 Å². The number of benzene rings is 2. The Hall–Kier alpha value is -1.42. The average Bonchev–Trinajstić information content (AvgIpc) is 2.45. The Labute approximate surface area is 132 Å². The molecule has 0 atom stereocenters. The summed E-state index contributed by atoms with van der Waals surface area (Å²) in [5.74, 6) is 0.241. The molecule has 2 aromatic rings. The van der Waals surface area contributed by atoms with Gasteiger partial charge in [-0.1, -0.05) is 40.2 Å². The van der Waals surface area contributed by atoms with Gasteiger partial charge in [0.15, 0.2) is 0 Å². The summed E-state index contributed by atoms with van der Waals surface area (Å²) in [6.07, 6.45) is 2.23. The molecule has 3 rings (SSSR count). The lowest BCUT2D eigenvalue weighted by Gasteiger charge is -2.34. The van der Waals surface area contributed by atoms with Gasteiger partial charge in [0, 0.05) is 29.4 Å². The first-order valence-electron chi connectivity index (χ1n) is 7.13. The Kier molecular flexibility index (Phi) is 3.98. The van der Waals surface area contributed by atoms with Gasteiger partial charge in [-0.2, -0.15) is 0 Å². The Morgan fingerprint density at radius 2 is 1.90 bits per heavy atom. The van der Waals surface area contributed by atoms with Gasteiger partial charge in [0.05, 0.1) is 0 Å². The van der Waals surface area contributed by atoms with E-state index < -0.39 is 0 Å². The van der Waals surface area contributed by atoms with Crippen LogP contribution >= 0.6 is 15.9 Å². The molecule has 21 heavy (non-hydrogen) atoms. The molecule has 0 heterocycles. The van der Waals surface area contributed by atoms with Crippen LogP contribution in [0.4, 0.5) is 4.39 Å². The van der Waals surface area contributed by atoms with E-state index in [1.807, 2.05) is 13.1 Å². The summed E-state index contributed by atoms with van der Waals surface area (Å²) in [6.45, 7) is 0.757. The van der Waals surface area contributed by atoms with E-state index in [0.717, 1.165) is 19.4 Å². The summed E-state index contributed by atoms with van der Waals surface area (Å²) in [5, 5.41) is 1.18. The fourth-order valence-electron chi connectivity index (χ4n) is 2.93. The molecular weight excluding hydrogens is 333 g/mol. The Morgan fingerprint density at radius 3 is 2.57 bits per heavy atom. The highest BCUT2D eigenvalue weighted by molar-refractivity contribution is 9.09. The third kappa shape index (κ3) is 2.82. The Morgan fingerprint density at radius 1 is 1.24 bits per heavy atom. The predicted octanol–water partition coefficient (Wildman–Crippen LogP) is 4.22. The molecule has 0 spiro atoms. The normalized spacial score (nSPS) is 21.1. The van der Waals surface area contributed by atoms with E-state index in [9.17, 15) is 9.18 Å². The third-order valence-corrected chi connectivity index (χ3v) is 4.91. The molecule has 4 heteroatoms. The second-order valence-corrected chi connectivity index (χ2v) is 7.06. The van der Waals surface area contributed by atoms with Crippen LogP contribution in [0.25, 0.3) is 10.8 Å². The lowest BCUT2D eigenvalue weighted by molar-refractivity contribution is 0.0750. The van der Waals surface area contributed by atoms with Crippen molar-refractivity contribution in [2.75, 3.05) is 13.6 Å². The van der Waals surface area contributed by atoms with Crippen molar-refractivity contribution >= 4 is 32.6 Å². The van der Waals surface area contributed by atoms with Gasteiger partial charge < -0.3 is 4.90 Å². The zero-order chi connectivity index (χ0) is 15.0. The number of amides is 1. The molecule has 0 unspecified atom stereocenters. The molecule has 110 valence electrons. The van der Waals surface area contributed by atoms with Crippen molar-refractivity contribution in [2.24, 2.45) is 5.92 Å². The van der Waals surface area contributed by atoms with Crippen molar-refractivity contribution in [1.29, 1.82) is 0 Å². The van der Waals surface area contributed by atoms with E-state index in [4.69, 9.17) is 0 Å². The molecule has 0 aliphatic heterocycles. The van der Waals surface area contributed by atoms with E-state index in [1.165, 1.54) is 6.07 Å². The summed E-state index contributed by atoms with van der Waals surface area (Å²) >= 11 is 3.57. The molecule has 1 amide bonds. The summed E-state index contributed by atoms with van der Waals surface area (Å²) in [4.78, 5) is 15.0. The fourth-order valence-corrected chi connectivity index (χ4v) is 3.99. The molecule has 2 aromatic carbocycles. The lowest BCUT2D eigenvalue weighted by Crippen LogP contribution is -2.37. The molecule has 0 aromatic heterocycles. The highest BCUT2D eigenvalue weighted by atomic mass is 79.9. The first kappa shape index (κ1) is 14.5. The molecule has 0 saturated heterocycles. The number of hydrogen-bond acceptors (Lipinski definition) is 1. The smallest absolute Gasteiger partial charge is 0.254 e. The van der Waals surface area contributed by atoms with Gasteiger partial charge >= 0.3 is 0 Å². The summed E-state index contributed by atoms with van der Waals surface area (Å²) in [5.41, 5.74) is 0.573. The maximum Gasteiger partial charge on any atom is 0.254 e.